The van der Waals surface area contributed by atoms with Crippen LogP contribution in [-0.4, -0.2) is 40.2 Å². The predicted octanol–water partition coefficient (Wildman–Crippen LogP) is 3.14. The van der Waals surface area contributed by atoms with E-state index in [0.29, 0.717) is 6.04 Å². The molecule has 2 aromatic heterocycles. The van der Waals surface area contributed by atoms with Crippen molar-refractivity contribution in [2.24, 2.45) is 5.92 Å². The second-order valence-corrected chi connectivity index (χ2v) is 7.49. The van der Waals surface area contributed by atoms with Gasteiger partial charge < -0.3 is 10.2 Å². The minimum atomic E-state index is 0.246. The lowest BCUT2D eigenvalue weighted by Crippen LogP contribution is -2.46. The van der Waals surface area contributed by atoms with Crippen LogP contribution in [0.25, 0.3) is 11.3 Å². The highest BCUT2D eigenvalue weighted by atomic mass is 16.1. The van der Waals surface area contributed by atoms with Gasteiger partial charge >= 0.3 is 0 Å². The van der Waals surface area contributed by atoms with E-state index in [-0.39, 0.29) is 11.8 Å². The summed E-state index contributed by atoms with van der Waals surface area (Å²) in [7, 11) is 0. The molecule has 0 bridgehead atoms. The Labute approximate surface area is 154 Å². The molecule has 0 radical (unpaired) electrons. The molecule has 0 aromatic carbocycles. The van der Waals surface area contributed by atoms with E-state index in [1.54, 1.807) is 6.20 Å². The topological polar surface area (TPSA) is 73.9 Å². The molecule has 6 nitrogen and oxygen atoms in total. The van der Waals surface area contributed by atoms with Crippen LogP contribution in [-0.2, 0) is 4.79 Å². The van der Waals surface area contributed by atoms with Gasteiger partial charge in [-0.3, -0.25) is 14.9 Å². The van der Waals surface area contributed by atoms with Crippen LogP contribution in [0.2, 0.25) is 0 Å². The molecule has 2 aliphatic rings. The molecule has 26 heavy (non-hydrogen) atoms. The lowest BCUT2D eigenvalue weighted by Gasteiger charge is -2.33. The van der Waals surface area contributed by atoms with Crippen LogP contribution in [0.3, 0.4) is 0 Å². The zero-order chi connectivity index (χ0) is 17.8. The van der Waals surface area contributed by atoms with Crippen molar-refractivity contribution in [2.75, 3.05) is 18.0 Å². The fraction of sp³-hybridized carbons (Fsp3) is 0.550. The third-order valence-corrected chi connectivity index (χ3v) is 5.68. The van der Waals surface area contributed by atoms with Gasteiger partial charge in [0.25, 0.3) is 0 Å². The quantitative estimate of drug-likeness (QED) is 0.886. The number of amides is 1. The zero-order valence-corrected chi connectivity index (χ0v) is 15.2. The number of carbonyl (C=O) groups excluding carboxylic acids is 1. The summed E-state index contributed by atoms with van der Waals surface area (Å²) in [6.45, 7) is 1.85. The number of H-pyrrole nitrogens is 1. The van der Waals surface area contributed by atoms with Gasteiger partial charge in [-0.2, -0.15) is 5.10 Å². The van der Waals surface area contributed by atoms with Crippen LogP contribution in [0.15, 0.2) is 30.6 Å². The lowest BCUT2D eigenvalue weighted by atomic mass is 9.88. The summed E-state index contributed by atoms with van der Waals surface area (Å²) >= 11 is 0. The molecule has 0 atom stereocenters. The SMILES string of the molecule is O=C(NC1CCN(c2cc(-c3cccnc3)[nH]n2)CC1)C1CCCCC1. The van der Waals surface area contributed by atoms with Crippen LogP contribution in [0.1, 0.15) is 44.9 Å². The first-order valence-corrected chi connectivity index (χ1v) is 9.81. The summed E-state index contributed by atoms with van der Waals surface area (Å²) in [6, 6.07) is 6.34. The maximum Gasteiger partial charge on any atom is 0.223 e. The van der Waals surface area contributed by atoms with Gasteiger partial charge in [0, 0.05) is 49.1 Å². The first kappa shape index (κ1) is 17.1. The van der Waals surface area contributed by atoms with Crippen molar-refractivity contribution in [3.63, 3.8) is 0 Å². The maximum atomic E-state index is 12.4. The standard InChI is InChI=1S/C20H27N5O/c26-20(15-5-2-1-3-6-15)22-17-8-11-25(12-9-17)19-13-18(23-24-19)16-7-4-10-21-14-16/h4,7,10,13-15,17H,1-3,5-6,8-9,11-12H2,(H,22,26)(H,23,24). The van der Waals surface area contributed by atoms with Gasteiger partial charge in [-0.05, 0) is 37.8 Å². The number of hydrogen-bond donors (Lipinski definition) is 2. The normalized spacial score (nSPS) is 19.5. The van der Waals surface area contributed by atoms with Gasteiger partial charge in [-0.1, -0.05) is 19.3 Å². The van der Waals surface area contributed by atoms with Gasteiger partial charge in [0.1, 0.15) is 0 Å². The summed E-state index contributed by atoms with van der Waals surface area (Å²) in [4.78, 5) is 18.9. The smallest absolute Gasteiger partial charge is 0.223 e. The number of hydrogen-bond acceptors (Lipinski definition) is 4. The second kappa shape index (κ2) is 7.89. The number of nitrogens with zero attached hydrogens (tertiary/aromatic N) is 3. The van der Waals surface area contributed by atoms with Crippen LogP contribution in [0.5, 0.6) is 0 Å². The van der Waals surface area contributed by atoms with E-state index in [1.165, 1.54) is 19.3 Å². The first-order valence-electron chi connectivity index (χ1n) is 9.81. The number of nitrogens with one attached hydrogen (secondary N) is 2. The summed E-state index contributed by atoms with van der Waals surface area (Å²) in [5, 5.41) is 10.9. The molecule has 2 fully saturated rings. The Morgan fingerprint density at radius 1 is 1.15 bits per heavy atom. The zero-order valence-electron chi connectivity index (χ0n) is 15.2. The number of anilines is 1. The third kappa shape index (κ3) is 3.89. The van der Waals surface area contributed by atoms with E-state index < -0.39 is 0 Å². The first-order chi connectivity index (χ1) is 12.8. The largest absolute Gasteiger partial charge is 0.355 e. The van der Waals surface area contributed by atoms with E-state index in [2.05, 4.69) is 31.5 Å². The van der Waals surface area contributed by atoms with E-state index in [1.807, 2.05) is 18.3 Å². The van der Waals surface area contributed by atoms with Crippen molar-refractivity contribution >= 4 is 11.7 Å². The van der Waals surface area contributed by atoms with E-state index in [0.717, 1.165) is 55.8 Å². The highest BCUT2D eigenvalue weighted by molar-refractivity contribution is 5.79. The molecule has 0 spiro atoms. The van der Waals surface area contributed by atoms with Crippen molar-refractivity contribution in [1.82, 2.24) is 20.5 Å². The van der Waals surface area contributed by atoms with E-state index >= 15 is 0 Å². The van der Waals surface area contributed by atoms with Gasteiger partial charge in [-0.15, -0.1) is 0 Å². The molecular formula is C20H27N5O. The number of carbonyl (C=O) groups is 1. The van der Waals surface area contributed by atoms with Crippen molar-refractivity contribution in [3.8, 4) is 11.3 Å². The summed E-state index contributed by atoms with van der Waals surface area (Å²) in [6.07, 6.45) is 11.4. The Bertz CT molecular complexity index is 715. The lowest BCUT2D eigenvalue weighted by molar-refractivity contribution is -0.126. The number of rotatable bonds is 4. The van der Waals surface area contributed by atoms with Crippen LogP contribution < -0.4 is 10.2 Å². The highest BCUT2D eigenvalue weighted by Crippen LogP contribution is 2.26. The molecule has 2 N–H and O–H groups in total. The Balaban J connectivity index is 1.30. The fourth-order valence-electron chi connectivity index (χ4n) is 4.08. The van der Waals surface area contributed by atoms with Gasteiger partial charge in [0.15, 0.2) is 5.82 Å². The molecule has 1 amide bonds. The minimum Gasteiger partial charge on any atom is -0.355 e. The van der Waals surface area contributed by atoms with Gasteiger partial charge in [-0.25, -0.2) is 0 Å². The second-order valence-electron chi connectivity index (χ2n) is 7.49. The summed E-state index contributed by atoms with van der Waals surface area (Å²) in [5.41, 5.74) is 2.03. The van der Waals surface area contributed by atoms with Crippen LogP contribution in [0.4, 0.5) is 5.82 Å². The highest BCUT2D eigenvalue weighted by Gasteiger charge is 2.26. The monoisotopic (exact) mass is 353 g/mol. The Morgan fingerprint density at radius 2 is 1.96 bits per heavy atom. The number of pyridine rings is 1. The molecule has 138 valence electrons. The molecule has 2 aromatic rings. The molecular weight excluding hydrogens is 326 g/mol. The number of aromatic nitrogens is 3. The maximum absolute atomic E-state index is 12.4. The Hall–Kier alpha value is -2.37. The fourth-order valence-corrected chi connectivity index (χ4v) is 4.08. The van der Waals surface area contributed by atoms with Gasteiger partial charge in [0.05, 0.1) is 5.69 Å². The molecule has 1 saturated heterocycles. The Morgan fingerprint density at radius 3 is 2.69 bits per heavy atom. The molecule has 1 saturated carbocycles. The van der Waals surface area contributed by atoms with Crippen molar-refractivity contribution in [2.45, 2.75) is 51.0 Å². The van der Waals surface area contributed by atoms with E-state index in [4.69, 9.17) is 0 Å². The average molecular weight is 353 g/mol. The molecule has 4 rings (SSSR count). The molecule has 6 heteroatoms. The summed E-state index contributed by atoms with van der Waals surface area (Å²) < 4.78 is 0. The molecule has 3 heterocycles. The molecule has 1 aliphatic heterocycles. The van der Waals surface area contributed by atoms with Crippen molar-refractivity contribution in [1.29, 1.82) is 0 Å². The molecule has 0 unspecified atom stereocenters. The number of piperidine rings is 1. The Kier molecular flexibility index (Phi) is 5.18. The predicted molar refractivity (Wildman–Crippen MR) is 102 cm³/mol. The van der Waals surface area contributed by atoms with Crippen molar-refractivity contribution < 1.29 is 4.79 Å². The van der Waals surface area contributed by atoms with Crippen molar-refractivity contribution in [3.05, 3.63) is 30.6 Å². The minimum absolute atomic E-state index is 0.246. The summed E-state index contributed by atoms with van der Waals surface area (Å²) in [5.74, 6) is 1.50. The third-order valence-electron chi connectivity index (χ3n) is 5.68. The van der Waals surface area contributed by atoms with Crippen LogP contribution >= 0.6 is 0 Å². The molecule has 1 aliphatic carbocycles. The average Bonchev–Trinajstić information content (AvgIpc) is 3.20. The van der Waals surface area contributed by atoms with Gasteiger partial charge in [0.2, 0.25) is 5.91 Å². The van der Waals surface area contributed by atoms with Crippen LogP contribution in [0, 0.1) is 5.92 Å². The number of aromatic amines is 1. The van der Waals surface area contributed by atoms with E-state index in [9.17, 15) is 4.79 Å².